The fraction of sp³-hybridized carbons (Fsp3) is 0.400. The lowest BCUT2D eigenvalue weighted by atomic mass is 10.1. The van der Waals surface area contributed by atoms with Gasteiger partial charge in [-0.3, -0.25) is 0 Å². The van der Waals surface area contributed by atoms with Crippen molar-refractivity contribution in [2.24, 2.45) is 0 Å². The molecule has 0 saturated heterocycles. The van der Waals surface area contributed by atoms with E-state index >= 15 is 0 Å². The zero-order chi connectivity index (χ0) is 14.5. The van der Waals surface area contributed by atoms with Gasteiger partial charge in [-0.05, 0) is 39.3 Å². The highest BCUT2D eigenvalue weighted by molar-refractivity contribution is 5.62. The Hall–Kier alpha value is -2.17. The van der Waals surface area contributed by atoms with Gasteiger partial charge in [0.15, 0.2) is 5.82 Å². The molecule has 0 radical (unpaired) electrons. The molecule has 1 aromatic heterocycles. The second kappa shape index (κ2) is 6.32. The summed E-state index contributed by atoms with van der Waals surface area (Å²) in [5.41, 5.74) is 3.31. The molecule has 1 N–H and O–H groups in total. The molecule has 106 valence electrons. The Morgan fingerprint density at radius 1 is 1.10 bits per heavy atom. The minimum atomic E-state index is 0.356. The molecule has 0 fully saturated rings. The van der Waals surface area contributed by atoms with Gasteiger partial charge >= 0.3 is 6.01 Å². The molecule has 0 saturated carbocycles. The van der Waals surface area contributed by atoms with Crippen molar-refractivity contribution in [2.75, 3.05) is 18.5 Å². The Morgan fingerprint density at radius 3 is 2.60 bits per heavy atom. The zero-order valence-corrected chi connectivity index (χ0v) is 12.4. The van der Waals surface area contributed by atoms with E-state index in [-0.39, 0.29) is 0 Å². The fourth-order valence-corrected chi connectivity index (χ4v) is 1.88. The Kier molecular flexibility index (Phi) is 4.50. The third kappa shape index (κ3) is 3.23. The average molecular weight is 272 g/mol. The summed E-state index contributed by atoms with van der Waals surface area (Å²) in [4.78, 5) is 13.1. The van der Waals surface area contributed by atoms with Crippen LogP contribution >= 0.6 is 0 Å². The highest BCUT2D eigenvalue weighted by atomic mass is 16.5. The molecular formula is C15H20N4O. The Morgan fingerprint density at radius 2 is 1.90 bits per heavy atom. The summed E-state index contributed by atoms with van der Waals surface area (Å²) in [5, 5.41) is 3.11. The molecule has 2 rings (SSSR count). The van der Waals surface area contributed by atoms with E-state index in [1.165, 1.54) is 5.56 Å². The number of aromatic nitrogens is 3. The van der Waals surface area contributed by atoms with Gasteiger partial charge < -0.3 is 10.1 Å². The lowest BCUT2D eigenvalue weighted by molar-refractivity contribution is 0.312. The molecule has 0 spiro atoms. The number of nitrogens with one attached hydrogen (secondary N) is 1. The average Bonchev–Trinajstić information content (AvgIpc) is 2.42. The molecule has 0 bridgehead atoms. The van der Waals surface area contributed by atoms with Gasteiger partial charge in [-0.25, -0.2) is 0 Å². The maximum Gasteiger partial charge on any atom is 0.321 e. The molecule has 0 amide bonds. The third-order valence-corrected chi connectivity index (χ3v) is 2.86. The molecule has 0 atom stereocenters. The number of anilines is 1. The lowest BCUT2D eigenvalue weighted by Gasteiger charge is -2.10. The summed E-state index contributed by atoms with van der Waals surface area (Å²) in [6.07, 6.45) is 0. The van der Waals surface area contributed by atoms with Gasteiger partial charge in [0, 0.05) is 12.1 Å². The number of benzene rings is 1. The van der Waals surface area contributed by atoms with Crippen LogP contribution in [0.4, 0.5) is 5.95 Å². The molecule has 0 aliphatic rings. The van der Waals surface area contributed by atoms with E-state index in [4.69, 9.17) is 4.74 Å². The molecule has 0 unspecified atom stereocenters. The normalized spacial score (nSPS) is 10.4. The van der Waals surface area contributed by atoms with Crippen LogP contribution in [0.5, 0.6) is 6.01 Å². The quantitative estimate of drug-likeness (QED) is 0.906. The van der Waals surface area contributed by atoms with Gasteiger partial charge in [-0.15, -0.1) is 0 Å². The SMILES string of the molecule is CCNc1nc(OCC)nc(-c2cc(C)ccc2C)n1. The first-order valence-electron chi connectivity index (χ1n) is 6.84. The predicted octanol–water partition coefficient (Wildman–Crippen LogP) is 2.99. The molecular weight excluding hydrogens is 252 g/mol. The van der Waals surface area contributed by atoms with Gasteiger partial charge in [-0.2, -0.15) is 15.0 Å². The minimum absolute atomic E-state index is 0.356. The van der Waals surface area contributed by atoms with Crippen molar-refractivity contribution < 1.29 is 4.74 Å². The van der Waals surface area contributed by atoms with Crippen LogP contribution in [0.1, 0.15) is 25.0 Å². The molecule has 0 aliphatic carbocycles. The van der Waals surface area contributed by atoms with Crippen molar-refractivity contribution in [1.29, 1.82) is 0 Å². The second-order valence-electron chi connectivity index (χ2n) is 4.55. The lowest BCUT2D eigenvalue weighted by Crippen LogP contribution is -2.08. The van der Waals surface area contributed by atoms with Crippen molar-refractivity contribution >= 4 is 5.95 Å². The van der Waals surface area contributed by atoms with Crippen molar-refractivity contribution in [3.8, 4) is 17.4 Å². The van der Waals surface area contributed by atoms with Crippen molar-refractivity contribution in [1.82, 2.24) is 15.0 Å². The van der Waals surface area contributed by atoms with Crippen LogP contribution in [0.15, 0.2) is 18.2 Å². The van der Waals surface area contributed by atoms with Crippen LogP contribution in [0.3, 0.4) is 0 Å². The van der Waals surface area contributed by atoms with Crippen LogP contribution < -0.4 is 10.1 Å². The Bertz CT molecular complexity index is 574. The minimum Gasteiger partial charge on any atom is -0.464 e. The first kappa shape index (κ1) is 14.2. The van der Waals surface area contributed by atoms with Crippen molar-refractivity contribution in [2.45, 2.75) is 27.7 Å². The van der Waals surface area contributed by atoms with E-state index in [0.717, 1.165) is 17.7 Å². The highest BCUT2D eigenvalue weighted by Gasteiger charge is 2.11. The topological polar surface area (TPSA) is 59.9 Å². The van der Waals surface area contributed by atoms with Crippen molar-refractivity contribution in [3.63, 3.8) is 0 Å². The number of nitrogens with zero attached hydrogens (tertiary/aromatic N) is 3. The van der Waals surface area contributed by atoms with Gasteiger partial charge in [0.05, 0.1) is 6.61 Å². The number of rotatable bonds is 5. The molecule has 20 heavy (non-hydrogen) atoms. The van der Waals surface area contributed by atoms with Crippen LogP contribution in [-0.2, 0) is 0 Å². The fourth-order valence-electron chi connectivity index (χ4n) is 1.88. The first-order chi connectivity index (χ1) is 9.63. The van der Waals surface area contributed by atoms with Crippen LogP contribution in [0, 0.1) is 13.8 Å². The first-order valence-corrected chi connectivity index (χ1v) is 6.84. The number of hydrogen-bond donors (Lipinski definition) is 1. The van der Waals surface area contributed by atoms with Gasteiger partial charge in [0.2, 0.25) is 5.95 Å². The number of hydrogen-bond acceptors (Lipinski definition) is 5. The van der Waals surface area contributed by atoms with E-state index < -0.39 is 0 Å². The largest absolute Gasteiger partial charge is 0.464 e. The van der Waals surface area contributed by atoms with Crippen LogP contribution in [0.25, 0.3) is 11.4 Å². The summed E-state index contributed by atoms with van der Waals surface area (Å²) >= 11 is 0. The predicted molar refractivity (Wildman–Crippen MR) is 80.1 cm³/mol. The molecule has 2 aromatic rings. The standard InChI is InChI=1S/C15H20N4O/c1-5-16-14-17-13(18-15(19-14)20-6-2)12-9-10(3)7-8-11(12)4/h7-9H,5-6H2,1-4H3,(H,16,17,18,19). The molecule has 0 aliphatic heterocycles. The van der Waals surface area contributed by atoms with Gasteiger partial charge in [-0.1, -0.05) is 17.7 Å². The van der Waals surface area contributed by atoms with Crippen LogP contribution in [0.2, 0.25) is 0 Å². The molecule has 5 heteroatoms. The summed E-state index contributed by atoms with van der Waals surface area (Å²) in [5.74, 6) is 1.18. The summed E-state index contributed by atoms with van der Waals surface area (Å²) < 4.78 is 5.42. The van der Waals surface area contributed by atoms with Crippen LogP contribution in [-0.4, -0.2) is 28.1 Å². The second-order valence-corrected chi connectivity index (χ2v) is 4.55. The molecule has 1 heterocycles. The smallest absolute Gasteiger partial charge is 0.321 e. The van der Waals surface area contributed by atoms with E-state index in [1.807, 2.05) is 20.8 Å². The Balaban J connectivity index is 2.51. The summed E-state index contributed by atoms with van der Waals surface area (Å²) in [7, 11) is 0. The molecule has 5 nitrogen and oxygen atoms in total. The third-order valence-electron chi connectivity index (χ3n) is 2.86. The van der Waals surface area contributed by atoms with E-state index in [9.17, 15) is 0 Å². The maximum absolute atomic E-state index is 5.42. The van der Waals surface area contributed by atoms with E-state index in [2.05, 4.69) is 45.4 Å². The summed E-state index contributed by atoms with van der Waals surface area (Å²) in [6, 6.07) is 6.58. The van der Waals surface area contributed by atoms with Crippen molar-refractivity contribution in [3.05, 3.63) is 29.3 Å². The molecule has 1 aromatic carbocycles. The maximum atomic E-state index is 5.42. The zero-order valence-electron chi connectivity index (χ0n) is 12.4. The summed E-state index contributed by atoms with van der Waals surface area (Å²) in [6.45, 7) is 9.30. The Labute approximate surface area is 119 Å². The highest BCUT2D eigenvalue weighted by Crippen LogP contribution is 2.23. The van der Waals surface area contributed by atoms with E-state index in [0.29, 0.717) is 24.4 Å². The number of ether oxygens (including phenoxy) is 1. The van der Waals surface area contributed by atoms with Gasteiger partial charge in [0.1, 0.15) is 0 Å². The number of aryl methyl sites for hydroxylation is 2. The monoisotopic (exact) mass is 272 g/mol. The van der Waals surface area contributed by atoms with E-state index in [1.54, 1.807) is 0 Å². The van der Waals surface area contributed by atoms with Gasteiger partial charge in [0.25, 0.3) is 0 Å².